The quantitative estimate of drug-likeness (QED) is 0.0275. The Balaban J connectivity index is 1.39. The maximum absolute atomic E-state index is 15.1. The van der Waals surface area contributed by atoms with Crippen LogP contribution < -0.4 is 26.6 Å². The molecule has 6 N–H and O–H groups in total. The van der Waals surface area contributed by atoms with Gasteiger partial charge in [0.05, 0.1) is 37.6 Å². The number of H-pyrrole nitrogens is 1. The van der Waals surface area contributed by atoms with E-state index in [4.69, 9.17) is 9.47 Å². The van der Waals surface area contributed by atoms with Crippen LogP contribution in [0, 0.1) is 5.82 Å². The van der Waals surface area contributed by atoms with Crippen LogP contribution in [0.3, 0.4) is 0 Å². The zero-order valence-electron chi connectivity index (χ0n) is 42.0. The Morgan fingerprint density at radius 2 is 1.54 bits per heavy atom. The molecule has 376 valence electrons. The molecule has 0 saturated carbocycles. The fourth-order valence-corrected chi connectivity index (χ4v) is 9.94. The van der Waals surface area contributed by atoms with Gasteiger partial charge < -0.3 is 49.9 Å². The Morgan fingerprint density at radius 3 is 2.16 bits per heavy atom. The van der Waals surface area contributed by atoms with Gasteiger partial charge in [-0.15, -0.1) is 9.24 Å². The number of carbonyl (C=O) groups excluding carboxylic acids is 6. The molecule has 2 saturated heterocycles. The lowest BCUT2D eigenvalue weighted by Gasteiger charge is -2.29. The van der Waals surface area contributed by atoms with Crippen molar-refractivity contribution in [1.29, 1.82) is 0 Å². The summed E-state index contributed by atoms with van der Waals surface area (Å²) in [5.41, 5.74) is 3.17. The molecule has 17 nitrogen and oxygen atoms in total. The number of fused-ring (bicyclic) bond motifs is 2. The molecule has 6 atom stereocenters. The van der Waals surface area contributed by atoms with Gasteiger partial charge in [0.15, 0.2) is 0 Å². The number of hydrogen-bond acceptors (Lipinski definition) is 11. The number of nitrogens with one attached hydrogen (secondary N) is 5. The van der Waals surface area contributed by atoms with E-state index in [0.29, 0.717) is 49.7 Å². The van der Waals surface area contributed by atoms with Crippen LogP contribution in [0.2, 0.25) is 0 Å². The third-order valence-corrected chi connectivity index (χ3v) is 13.2. The second-order valence-electron chi connectivity index (χ2n) is 20.1. The predicted octanol–water partition coefficient (Wildman–Crippen LogP) is 1.27. The van der Waals surface area contributed by atoms with E-state index >= 15 is 4.39 Å². The number of ether oxygens (including phenoxy) is 2. The van der Waals surface area contributed by atoms with Crippen LogP contribution in [-0.4, -0.2) is 143 Å². The Hall–Kier alpha value is -5.55. The molecule has 4 aromatic rings. The molecular weight excluding hydrogens is 916 g/mol. The van der Waals surface area contributed by atoms with E-state index in [9.17, 15) is 33.9 Å². The maximum Gasteiger partial charge on any atom is 0.302 e. The Labute approximate surface area is 412 Å². The van der Waals surface area contributed by atoms with Crippen molar-refractivity contribution >= 4 is 87.6 Å². The summed E-state index contributed by atoms with van der Waals surface area (Å²) < 4.78 is 28.6. The first-order valence-electron chi connectivity index (χ1n) is 24.0. The van der Waals surface area contributed by atoms with Gasteiger partial charge in [-0.3, -0.25) is 34.1 Å². The maximum atomic E-state index is 15.1. The van der Waals surface area contributed by atoms with Crippen molar-refractivity contribution in [3.05, 3.63) is 65.1 Å². The van der Waals surface area contributed by atoms with Gasteiger partial charge in [-0.2, -0.15) is 0 Å². The number of aryl methyl sites for hydroxylation is 2. The number of benzene rings is 2. The molecule has 2 aliphatic rings. The molecule has 4 heterocycles. The number of hydrogen-bond donors (Lipinski definition) is 6. The van der Waals surface area contributed by atoms with Crippen LogP contribution in [0.4, 0.5) is 4.39 Å². The molecule has 21 heteroatoms. The number of likely N-dealkylation sites (tertiary alicyclic amines) is 2. The van der Waals surface area contributed by atoms with Gasteiger partial charge >= 0.3 is 11.9 Å². The molecule has 1 unspecified atom stereocenters. The fourth-order valence-electron chi connectivity index (χ4n) is 9.69. The van der Waals surface area contributed by atoms with Gasteiger partial charge in [0.25, 0.3) is 5.91 Å². The van der Waals surface area contributed by atoms with Crippen molar-refractivity contribution in [3.63, 3.8) is 0 Å². The molecule has 2 aromatic carbocycles. The summed E-state index contributed by atoms with van der Waals surface area (Å²) >= 11 is 0. The molecule has 4 amide bonds. The number of aromatic amines is 1. The zero-order chi connectivity index (χ0) is 51.4. The molecule has 70 heavy (non-hydrogen) atoms. The Morgan fingerprint density at radius 1 is 0.914 bits per heavy atom. The van der Waals surface area contributed by atoms with Crippen LogP contribution in [0.25, 0.3) is 33.2 Å². The molecule has 0 radical (unpaired) electrons. The summed E-state index contributed by atoms with van der Waals surface area (Å²) in [6.07, 6.45) is 2.48. The van der Waals surface area contributed by atoms with Gasteiger partial charge in [0.2, 0.25) is 17.7 Å². The van der Waals surface area contributed by atoms with Crippen LogP contribution in [0.5, 0.6) is 0 Å². The average molecular weight is 985 g/mol. The lowest BCUT2D eigenvalue weighted by Crippen LogP contribution is -2.54. The van der Waals surface area contributed by atoms with Gasteiger partial charge in [-0.25, -0.2) is 4.39 Å². The monoisotopic (exact) mass is 985 g/mol. The summed E-state index contributed by atoms with van der Waals surface area (Å²) in [5.74, 6) is -2.97. The van der Waals surface area contributed by atoms with Crippen LogP contribution in [0.1, 0.15) is 85.3 Å². The van der Waals surface area contributed by atoms with Gasteiger partial charge in [0, 0.05) is 78.7 Å². The molecule has 0 spiro atoms. The number of allylic oxidation sites excluding steroid dienone is 1. The molecule has 2 aromatic heterocycles. The number of amides is 4. The second-order valence-corrected chi connectivity index (χ2v) is 20.7. The second kappa shape index (κ2) is 22.3. The first-order valence-corrected chi connectivity index (χ1v) is 24.5. The van der Waals surface area contributed by atoms with Crippen molar-refractivity contribution in [3.8, 4) is 11.4 Å². The first kappa shape index (κ1) is 53.8. The summed E-state index contributed by atoms with van der Waals surface area (Å²) in [6.45, 7) is 12.0. The summed E-state index contributed by atoms with van der Waals surface area (Å²) in [7, 11) is 7.71. The van der Waals surface area contributed by atoms with Gasteiger partial charge in [-0.05, 0) is 94.1 Å². The highest BCUT2D eigenvalue weighted by Crippen LogP contribution is 2.41. The normalized spacial score (nSPS) is 19.2. The molecular formula is C49H68B2FN8O9P. The molecule has 0 aliphatic carbocycles. The number of esters is 2. The highest BCUT2D eigenvalue weighted by Gasteiger charge is 2.41. The van der Waals surface area contributed by atoms with Crippen molar-refractivity contribution in [2.75, 3.05) is 26.2 Å². The number of rotatable bonds is 18. The largest absolute Gasteiger partial charge is 0.461 e. The average Bonchev–Trinajstić information content (AvgIpc) is 4.02. The first-order chi connectivity index (χ1) is 32.9. The minimum absolute atomic E-state index is 0.0104. The fraction of sp³-hybridized carbons (Fsp3) is 0.510. The predicted molar refractivity (Wildman–Crippen MR) is 275 cm³/mol. The Kier molecular flexibility index (Phi) is 17.1. The van der Waals surface area contributed by atoms with E-state index < -0.39 is 65.4 Å². The van der Waals surface area contributed by atoms with E-state index in [1.165, 1.54) is 41.7 Å². The summed E-state index contributed by atoms with van der Waals surface area (Å²) in [6, 6.07) is 8.87. The van der Waals surface area contributed by atoms with Crippen molar-refractivity contribution in [2.24, 2.45) is 7.05 Å². The van der Waals surface area contributed by atoms with Gasteiger partial charge in [-0.1, -0.05) is 25.1 Å². The highest BCUT2D eigenvalue weighted by atomic mass is 31.0. The number of nitrogens with zero attached hydrogens (tertiary/aromatic N) is 3. The third-order valence-electron chi connectivity index (χ3n) is 12.9. The van der Waals surface area contributed by atoms with E-state index in [1.807, 2.05) is 46.0 Å². The van der Waals surface area contributed by atoms with E-state index in [0.717, 1.165) is 38.4 Å². The molecule has 2 fully saturated rings. The standard InChI is InChI=1S/C49H68B2FN8O9P/c1-9-38(56-43(64)23-54-49(50,51)67)46(65)59-24-31(68-26(3)61)18-29(59)12-15-36-34-14-11-28(52)17-40(34)57-44(36)45-37(35-16-13-33(70)21-41(35)58(45)8)20-30-19-32(69-27(4)62)25-60(30)47(66)39(10-2)55-42(63)22-53-48(5,6)7/h10-11,13-14,16-17,21,29-32,38,53-54,57,67H,9,12,15,18-20,22-25,50-51,70H2,1-8H3,(H,55,63)(H,56,64)/b39-10-/t29-,30+,31+,32+,38+/m1/s1. The Bertz CT molecular complexity index is 2680. The van der Waals surface area contributed by atoms with Crippen molar-refractivity contribution in [1.82, 2.24) is 40.6 Å². The lowest BCUT2D eigenvalue weighted by atomic mass is 9.73. The van der Waals surface area contributed by atoms with Gasteiger partial charge in [0.1, 0.15) is 45.5 Å². The topological polar surface area (TPSA) is 216 Å². The number of aliphatic hydroxyl groups is 1. The minimum Gasteiger partial charge on any atom is -0.461 e. The van der Waals surface area contributed by atoms with E-state index in [-0.39, 0.29) is 49.2 Å². The minimum atomic E-state index is -1.30. The smallest absolute Gasteiger partial charge is 0.302 e. The molecule has 0 bridgehead atoms. The lowest BCUT2D eigenvalue weighted by molar-refractivity contribution is -0.147. The molecule has 2 aliphatic heterocycles. The SMILES string of the molecule is BC(B)(O)NCC(=O)N[C@@H](CC)C(=O)N1C[C@@H](OC(C)=O)C[C@H]1CCc1c(-c2c(C[C@@H]3C[C@H](OC(C)=O)CN3C(=O)/C(=C/C)NC(=O)CNC(C)(C)C)c3ccc(P)cc3n2C)[nH]c2cc(F)ccc12. The number of carbonyl (C=O) groups is 6. The summed E-state index contributed by atoms with van der Waals surface area (Å²) in [5, 5.41) is 24.2. The van der Waals surface area contributed by atoms with Crippen LogP contribution in [-0.2, 0) is 58.1 Å². The zero-order valence-corrected chi connectivity index (χ0v) is 43.2. The van der Waals surface area contributed by atoms with E-state index in [1.54, 1.807) is 35.8 Å². The molecule has 6 rings (SSSR count). The van der Waals surface area contributed by atoms with Crippen LogP contribution >= 0.6 is 9.24 Å². The summed E-state index contributed by atoms with van der Waals surface area (Å²) in [4.78, 5) is 86.4. The highest BCUT2D eigenvalue weighted by molar-refractivity contribution is 7.27. The van der Waals surface area contributed by atoms with Crippen molar-refractivity contribution < 1.29 is 47.7 Å². The van der Waals surface area contributed by atoms with Crippen molar-refractivity contribution in [2.45, 2.75) is 128 Å². The number of aromatic nitrogens is 2. The van der Waals surface area contributed by atoms with E-state index in [2.05, 4.69) is 40.1 Å². The number of halogens is 1. The third kappa shape index (κ3) is 13.2. The van der Waals surface area contributed by atoms with Crippen LogP contribution in [0.15, 0.2) is 48.2 Å².